The SMILES string of the molecule is NC1=NC2(CO1)c1cc(-c3cccnc3F)ccc1O[C@H]1CCN(CC(F)F)C[C@@H]12. The van der Waals surface area contributed by atoms with Crippen LogP contribution in [-0.4, -0.2) is 54.7 Å². The van der Waals surface area contributed by atoms with E-state index in [1.165, 1.54) is 6.20 Å². The summed E-state index contributed by atoms with van der Waals surface area (Å²) in [6.07, 6.45) is -0.608. The number of hydrogen-bond acceptors (Lipinski definition) is 6. The van der Waals surface area contributed by atoms with Gasteiger partial charge in [0.1, 0.15) is 24.0 Å². The van der Waals surface area contributed by atoms with Gasteiger partial charge in [-0.05, 0) is 36.2 Å². The van der Waals surface area contributed by atoms with E-state index in [1.807, 2.05) is 6.07 Å². The van der Waals surface area contributed by atoms with Gasteiger partial charge in [-0.1, -0.05) is 6.07 Å². The number of pyridine rings is 1. The third kappa shape index (κ3) is 3.08. The third-order valence-electron chi connectivity index (χ3n) is 6.19. The van der Waals surface area contributed by atoms with E-state index in [0.29, 0.717) is 36.4 Å². The van der Waals surface area contributed by atoms with Crippen LogP contribution in [0.2, 0.25) is 0 Å². The summed E-state index contributed by atoms with van der Waals surface area (Å²) >= 11 is 0. The lowest BCUT2D eigenvalue weighted by Crippen LogP contribution is -2.57. The van der Waals surface area contributed by atoms with Crippen LogP contribution in [0.3, 0.4) is 0 Å². The first-order chi connectivity index (χ1) is 14.5. The molecule has 3 atom stereocenters. The number of halogens is 3. The highest BCUT2D eigenvalue weighted by Gasteiger charge is 2.55. The minimum Gasteiger partial charge on any atom is -0.490 e. The monoisotopic (exact) mass is 418 g/mol. The summed E-state index contributed by atoms with van der Waals surface area (Å²) in [7, 11) is 0. The smallest absolute Gasteiger partial charge is 0.283 e. The Balaban J connectivity index is 1.60. The molecule has 0 radical (unpaired) electrons. The van der Waals surface area contributed by atoms with Crippen LogP contribution in [0.25, 0.3) is 11.1 Å². The van der Waals surface area contributed by atoms with E-state index >= 15 is 0 Å². The largest absolute Gasteiger partial charge is 0.490 e. The molecule has 0 saturated carbocycles. The molecule has 158 valence electrons. The Hall–Kier alpha value is -2.81. The van der Waals surface area contributed by atoms with Crippen LogP contribution in [0.5, 0.6) is 5.75 Å². The third-order valence-corrected chi connectivity index (χ3v) is 6.19. The highest BCUT2D eigenvalue weighted by Crippen LogP contribution is 2.51. The van der Waals surface area contributed by atoms with Crippen molar-refractivity contribution in [1.82, 2.24) is 9.88 Å². The highest BCUT2D eigenvalue weighted by atomic mass is 19.3. The van der Waals surface area contributed by atoms with Crippen molar-refractivity contribution in [1.29, 1.82) is 0 Å². The molecule has 6 nitrogen and oxygen atoms in total. The fourth-order valence-corrected chi connectivity index (χ4v) is 4.83. The normalized spacial score (nSPS) is 27.9. The van der Waals surface area contributed by atoms with E-state index in [4.69, 9.17) is 15.2 Å². The lowest BCUT2D eigenvalue weighted by molar-refractivity contribution is -0.0371. The van der Waals surface area contributed by atoms with Crippen molar-refractivity contribution in [3.05, 3.63) is 48.0 Å². The van der Waals surface area contributed by atoms with E-state index in [1.54, 1.807) is 29.2 Å². The summed E-state index contributed by atoms with van der Waals surface area (Å²) in [5, 5.41) is 0. The summed E-state index contributed by atoms with van der Waals surface area (Å²) in [5.41, 5.74) is 6.74. The standard InChI is InChI=1S/C21H21F3N4O2/c22-18(23)10-28-7-5-17-15(9-28)21(11-29-20(25)27-21)14-8-12(3-4-16(14)30-17)13-2-1-6-26-19(13)24/h1-4,6,8,15,17-18H,5,7,9-11H2,(H2,25,27)/t15-,17-,21?/m0/s1. The quantitative estimate of drug-likeness (QED) is 0.776. The topological polar surface area (TPSA) is 73.0 Å². The van der Waals surface area contributed by atoms with Crippen molar-refractivity contribution in [2.75, 3.05) is 26.2 Å². The zero-order valence-electron chi connectivity index (χ0n) is 16.1. The minimum atomic E-state index is -2.41. The Kier molecular flexibility index (Phi) is 4.57. The first kappa shape index (κ1) is 19.2. The molecule has 1 unspecified atom stereocenters. The van der Waals surface area contributed by atoms with Gasteiger partial charge >= 0.3 is 0 Å². The Morgan fingerprint density at radius 1 is 1.30 bits per heavy atom. The second kappa shape index (κ2) is 7.16. The molecule has 0 bridgehead atoms. The van der Waals surface area contributed by atoms with E-state index in [-0.39, 0.29) is 31.2 Å². The van der Waals surface area contributed by atoms with Gasteiger partial charge in [-0.2, -0.15) is 4.39 Å². The van der Waals surface area contributed by atoms with Gasteiger partial charge < -0.3 is 15.2 Å². The second-order valence-corrected chi connectivity index (χ2v) is 7.92. The molecular weight excluding hydrogens is 397 g/mol. The van der Waals surface area contributed by atoms with Gasteiger partial charge in [0, 0.05) is 36.3 Å². The molecule has 1 fully saturated rings. The molecule has 0 amide bonds. The fraction of sp³-hybridized carbons (Fsp3) is 0.429. The molecule has 1 aromatic heterocycles. The number of piperidine rings is 1. The predicted molar refractivity (Wildman–Crippen MR) is 104 cm³/mol. The van der Waals surface area contributed by atoms with Crippen LogP contribution < -0.4 is 10.5 Å². The summed E-state index contributed by atoms with van der Waals surface area (Å²) in [6, 6.07) is 8.77. The number of nitrogens with zero attached hydrogens (tertiary/aromatic N) is 3. The number of nitrogens with two attached hydrogens (primary N) is 1. The van der Waals surface area contributed by atoms with Gasteiger partial charge in [0.25, 0.3) is 12.4 Å². The van der Waals surface area contributed by atoms with Gasteiger partial charge in [-0.15, -0.1) is 0 Å². The number of aliphatic imine (C=N–C) groups is 1. The number of fused-ring (bicyclic) bond motifs is 4. The molecule has 2 aromatic rings. The zero-order valence-corrected chi connectivity index (χ0v) is 16.1. The van der Waals surface area contributed by atoms with Crippen molar-refractivity contribution in [2.24, 2.45) is 16.6 Å². The van der Waals surface area contributed by atoms with Crippen molar-refractivity contribution in [2.45, 2.75) is 24.5 Å². The Labute approximate surface area is 171 Å². The van der Waals surface area contributed by atoms with Crippen LogP contribution in [-0.2, 0) is 10.3 Å². The molecule has 1 spiro atoms. The highest BCUT2D eigenvalue weighted by molar-refractivity contribution is 5.75. The van der Waals surface area contributed by atoms with E-state index < -0.39 is 17.9 Å². The maximum absolute atomic E-state index is 14.3. The fourth-order valence-electron chi connectivity index (χ4n) is 4.83. The summed E-state index contributed by atoms with van der Waals surface area (Å²) in [5.74, 6) is -0.159. The number of ether oxygens (including phenoxy) is 2. The van der Waals surface area contributed by atoms with Crippen molar-refractivity contribution < 1.29 is 22.6 Å². The van der Waals surface area contributed by atoms with Crippen molar-refractivity contribution >= 4 is 6.02 Å². The number of benzene rings is 1. The first-order valence-electron chi connectivity index (χ1n) is 9.87. The molecule has 9 heteroatoms. The van der Waals surface area contributed by atoms with Gasteiger partial charge in [-0.25, -0.2) is 18.8 Å². The lowest BCUT2D eigenvalue weighted by atomic mass is 9.71. The summed E-state index contributed by atoms with van der Waals surface area (Å²) in [4.78, 5) is 10.1. The summed E-state index contributed by atoms with van der Waals surface area (Å²) in [6.45, 7) is 0.807. The molecule has 2 N–H and O–H groups in total. The number of rotatable bonds is 3. The van der Waals surface area contributed by atoms with Crippen LogP contribution in [0, 0.1) is 11.9 Å². The number of aromatic nitrogens is 1. The summed E-state index contributed by atoms with van der Waals surface area (Å²) < 4.78 is 52.1. The van der Waals surface area contributed by atoms with E-state index in [9.17, 15) is 13.2 Å². The van der Waals surface area contributed by atoms with Gasteiger partial charge in [-0.3, -0.25) is 4.90 Å². The van der Waals surface area contributed by atoms with Gasteiger partial charge in [0.15, 0.2) is 0 Å². The molecule has 4 heterocycles. The molecule has 1 aromatic carbocycles. The molecule has 3 aliphatic heterocycles. The number of hydrogen-bond donors (Lipinski definition) is 1. The molecule has 1 saturated heterocycles. The average molecular weight is 418 g/mol. The molecule has 30 heavy (non-hydrogen) atoms. The number of amidine groups is 1. The average Bonchev–Trinajstić information content (AvgIpc) is 3.11. The Morgan fingerprint density at radius 3 is 2.90 bits per heavy atom. The van der Waals surface area contributed by atoms with Crippen LogP contribution in [0.15, 0.2) is 41.5 Å². The minimum absolute atomic E-state index is 0.0607. The lowest BCUT2D eigenvalue weighted by Gasteiger charge is -2.48. The maximum Gasteiger partial charge on any atom is 0.283 e. The molecular formula is C21H21F3N4O2. The van der Waals surface area contributed by atoms with Crippen molar-refractivity contribution in [3.63, 3.8) is 0 Å². The molecule has 0 aliphatic carbocycles. The van der Waals surface area contributed by atoms with Gasteiger partial charge in [0.05, 0.1) is 6.54 Å². The number of likely N-dealkylation sites (tertiary alicyclic amines) is 1. The van der Waals surface area contributed by atoms with E-state index in [0.717, 1.165) is 5.56 Å². The van der Waals surface area contributed by atoms with Crippen molar-refractivity contribution in [3.8, 4) is 16.9 Å². The Morgan fingerprint density at radius 2 is 2.17 bits per heavy atom. The van der Waals surface area contributed by atoms with Crippen LogP contribution >= 0.6 is 0 Å². The molecule has 5 rings (SSSR count). The van der Waals surface area contributed by atoms with E-state index in [2.05, 4.69) is 9.98 Å². The van der Waals surface area contributed by atoms with Gasteiger partial charge in [0.2, 0.25) is 5.95 Å². The zero-order chi connectivity index (χ0) is 20.9. The first-order valence-corrected chi connectivity index (χ1v) is 9.87. The predicted octanol–water partition coefficient (Wildman–Crippen LogP) is 2.78. The van der Waals surface area contributed by atoms with Crippen LogP contribution in [0.4, 0.5) is 13.2 Å². The molecule has 3 aliphatic rings. The second-order valence-electron chi connectivity index (χ2n) is 7.92. The van der Waals surface area contributed by atoms with Crippen LogP contribution in [0.1, 0.15) is 12.0 Å². The number of alkyl halides is 2. The maximum atomic E-state index is 14.3. The Bertz CT molecular complexity index is 1000.